The van der Waals surface area contributed by atoms with Crippen LogP contribution in [0, 0.1) is 19.8 Å². The molecule has 0 spiro atoms. The zero-order valence-electron chi connectivity index (χ0n) is 18.4. The highest BCUT2D eigenvalue weighted by Crippen LogP contribution is 2.25. The molecule has 0 bridgehead atoms. The van der Waals surface area contributed by atoms with Crippen LogP contribution < -0.4 is 10.1 Å². The quantitative estimate of drug-likeness (QED) is 0.625. The van der Waals surface area contributed by atoms with Crippen molar-refractivity contribution >= 4 is 18.0 Å². The number of piperidine rings is 1. The maximum Gasteiger partial charge on any atom is 0.324 e. The number of hydrogen-bond acceptors (Lipinski definition) is 4. The predicted octanol–water partition coefficient (Wildman–Crippen LogP) is 5.74. The summed E-state index contributed by atoms with van der Waals surface area (Å²) < 4.78 is 11.2. The molecule has 1 fully saturated rings. The van der Waals surface area contributed by atoms with E-state index < -0.39 is 0 Å². The zero-order valence-corrected chi connectivity index (χ0v) is 18.4. The topological polar surface area (TPSA) is 67.6 Å². The fourth-order valence-electron chi connectivity index (χ4n) is 4.00. The normalized spacial score (nSPS) is 18.7. The number of rotatable bonds is 5. The van der Waals surface area contributed by atoms with E-state index in [1.165, 1.54) is 12.0 Å². The lowest BCUT2D eigenvalue weighted by molar-refractivity contribution is 0.207. The number of nitrogens with one attached hydrogen (secondary N) is 1. The van der Waals surface area contributed by atoms with E-state index in [9.17, 15) is 4.79 Å². The van der Waals surface area contributed by atoms with Gasteiger partial charge in [-0.1, -0.05) is 41.1 Å². The van der Waals surface area contributed by atoms with Crippen molar-refractivity contribution in [1.82, 2.24) is 10.1 Å². The monoisotopic (exact) mass is 421 g/mol. The van der Waals surface area contributed by atoms with E-state index in [0.29, 0.717) is 24.9 Å². The third-order valence-electron chi connectivity index (χ3n) is 6.16. The van der Waals surface area contributed by atoms with E-state index in [0.717, 1.165) is 54.9 Å². The average molecular weight is 422 g/mol. The van der Waals surface area contributed by atoms with Crippen LogP contribution in [-0.2, 0) is 0 Å². The molecule has 1 saturated heterocycles. The molecule has 6 heteroatoms. The van der Waals surface area contributed by atoms with Gasteiger partial charge in [-0.3, -0.25) is 5.32 Å². The number of aromatic nitrogens is 1. The van der Waals surface area contributed by atoms with Crippen molar-refractivity contribution < 1.29 is 14.1 Å². The van der Waals surface area contributed by atoms with Gasteiger partial charge >= 0.3 is 6.03 Å². The van der Waals surface area contributed by atoms with Crippen LogP contribution in [0.4, 0.5) is 10.7 Å². The van der Waals surface area contributed by atoms with Crippen LogP contribution in [0.1, 0.15) is 48.9 Å². The zero-order chi connectivity index (χ0) is 21.6. The first-order valence-corrected chi connectivity index (χ1v) is 11.1. The third-order valence-corrected chi connectivity index (χ3v) is 6.16. The maximum atomic E-state index is 12.5. The minimum atomic E-state index is -0.133. The molecule has 1 atom stereocenters. The molecule has 1 aliphatic carbocycles. The summed E-state index contributed by atoms with van der Waals surface area (Å²) in [6.45, 7) is 5.91. The van der Waals surface area contributed by atoms with Crippen LogP contribution >= 0.6 is 0 Å². The number of nitrogens with zero attached hydrogens (tertiary/aromatic N) is 2. The van der Waals surface area contributed by atoms with Crippen LogP contribution in [0.3, 0.4) is 0 Å². The second-order valence-electron chi connectivity index (χ2n) is 8.48. The number of benzene rings is 1. The van der Waals surface area contributed by atoms with Crippen molar-refractivity contribution in [2.24, 2.45) is 5.92 Å². The standard InChI is InChI=1S/C25H31N3O3/c1-18-19(2)27-31-24(18)26-25(29)28-13-11-20(12-14-28)15-22-9-6-10-23(16-22)30-17-21-7-4-3-5-8-21/h3-4,6,9-10,15-16,21H,5,7-8,11-14,17H2,1-2H3,(H,26,29). The Labute approximate surface area is 183 Å². The number of urea groups is 1. The van der Waals surface area contributed by atoms with Crippen LogP contribution in [0.5, 0.6) is 5.75 Å². The molecule has 1 aromatic heterocycles. The minimum absolute atomic E-state index is 0.133. The minimum Gasteiger partial charge on any atom is -0.493 e. The van der Waals surface area contributed by atoms with Gasteiger partial charge in [-0.15, -0.1) is 0 Å². The fraction of sp³-hybridized carbons (Fsp3) is 0.440. The van der Waals surface area contributed by atoms with Crippen molar-refractivity contribution in [3.8, 4) is 5.75 Å². The van der Waals surface area contributed by atoms with Gasteiger partial charge in [-0.05, 0) is 69.6 Å². The lowest BCUT2D eigenvalue weighted by Crippen LogP contribution is -2.39. The molecule has 2 heterocycles. The highest BCUT2D eigenvalue weighted by molar-refractivity contribution is 5.88. The smallest absolute Gasteiger partial charge is 0.324 e. The highest BCUT2D eigenvalue weighted by atomic mass is 16.5. The van der Waals surface area contributed by atoms with Crippen LogP contribution in [0.15, 0.2) is 46.5 Å². The second-order valence-corrected chi connectivity index (χ2v) is 8.48. The molecule has 1 N–H and O–H groups in total. The molecule has 2 aromatic rings. The molecule has 31 heavy (non-hydrogen) atoms. The lowest BCUT2D eigenvalue weighted by Gasteiger charge is -2.28. The summed E-state index contributed by atoms with van der Waals surface area (Å²) in [5, 5.41) is 6.72. The number of ether oxygens (including phenoxy) is 1. The van der Waals surface area contributed by atoms with E-state index in [1.807, 2.05) is 30.9 Å². The first-order chi connectivity index (χ1) is 15.1. The van der Waals surface area contributed by atoms with Crippen molar-refractivity contribution in [1.29, 1.82) is 0 Å². The molecule has 1 unspecified atom stereocenters. The van der Waals surface area contributed by atoms with Crippen molar-refractivity contribution in [3.05, 3.63) is 58.8 Å². The first kappa shape index (κ1) is 21.2. The summed E-state index contributed by atoms with van der Waals surface area (Å²) in [6, 6.07) is 8.16. The molecule has 2 aliphatic rings. The molecule has 6 nitrogen and oxygen atoms in total. The number of amides is 2. The SMILES string of the molecule is Cc1noc(NC(=O)N2CCC(=Cc3cccc(OCC4CC=CCC4)c3)CC2)c1C. The van der Waals surface area contributed by atoms with Crippen molar-refractivity contribution in [3.63, 3.8) is 0 Å². The Morgan fingerprint density at radius 2 is 2.13 bits per heavy atom. The number of likely N-dealkylation sites (tertiary alicyclic amines) is 1. The highest BCUT2D eigenvalue weighted by Gasteiger charge is 2.21. The Morgan fingerprint density at radius 3 is 2.84 bits per heavy atom. The van der Waals surface area contributed by atoms with Gasteiger partial charge in [0.05, 0.1) is 12.3 Å². The molecule has 1 aliphatic heterocycles. The molecular formula is C25H31N3O3. The average Bonchev–Trinajstić information content (AvgIpc) is 3.11. The van der Waals surface area contributed by atoms with Gasteiger partial charge in [0.25, 0.3) is 0 Å². The fourth-order valence-corrected chi connectivity index (χ4v) is 4.00. The van der Waals surface area contributed by atoms with Gasteiger partial charge in [0.2, 0.25) is 5.88 Å². The summed E-state index contributed by atoms with van der Waals surface area (Å²) in [5.74, 6) is 1.98. The molecular weight excluding hydrogens is 390 g/mol. The number of anilines is 1. The molecule has 1 aromatic carbocycles. The number of carbonyl (C=O) groups excluding carboxylic acids is 1. The Bertz CT molecular complexity index is 966. The summed E-state index contributed by atoms with van der Waals surface area (Å²) in [6.07, 6.45) is 12.0. The number of allylic oxidation sites excluding steroid dienone is 2. The summed E-state index contributed by atoms with van der Waals surface area (Å²) in [5.41, 5.74) is 4.17. The van der Waals surface area contributed by atoms with Crippen molar-refractivity contribution in [2.75, 3.05) is 25.0 Å². The summed E-state index contributed by atoms with van der Waals surface area (Å²) >= 11 is 0. The molecule has 164 valence electrons. The van der Waals surface area contributed by atoms with E-state index in [4.69, 9.17) is 9.26 Å². The first-order valence-electron chi connectivity index (χ1n) is 11.1. The van der Waals surface area contributed by atoms with Crippen molar-refractivity contribution in [2.45, 2.75) is 46.0 Å². The lowest BCUT2D eigenvalue weighted by atomic mass is 9.95. The third kappa shape index (κ3) is 5.57. The second kappa shape index (κ2) is 9.86. The van der Waals surface area contributed by atoms with E-state index >= 15 is 0 Å². The van der Waals surface area contributed by atoms with Crippen LogP contribution in [0.25, 0.3) is 6.08 Å². The van der Waals surface area contributed by atoms with Gasteiger partial charge in [0.1, 0.15) is 5.75 Å². The number of carbonyl (C=O) groups is 1. The molecule has 0 radical (unpaired) electrons. The van der Waals surface area contributed by atoms with Crippen LogP contribution in [-0.4, -0.2) is 35.8 Å². The number of hydrogen-bond donors (Lipinski definition) is 1. The predicted molar refractivity (Wildman–Crippen MR) is 122 cm³/mol. The Morgan fingerprint density at radius 1 is 1.29 bits per heavy atom. The number of aryl methyl sites for hydroxylation is 1. The van der Waals surface area contributed by atoms with E-state index in [2.05, 4.69) is 40.8 Å². The maximum absolute atomic E-state index is 12.5. The van der Waals surface area contributed by atoms with Gasteiger partial charge in [0.15, 0.2) is 0 Å². The Balaban J connectivity index is 1.29. The molecule has 0 saturated carbocycles. The van der Waals surface area contributed by atoms with Gasteiger partial charge in [-0.2, -0.15) is 0 Å². The molecule has 4 rings (SSSR count). The van der Waals surface area contributed by atoms with E-state index in [1.54, 1.807) is 0 Å². The van der Waals surface area contributed by atoms with E-state index in [-0.39, 0.29) is 6.03 Å². The summed E-state index contributed by atoms with van der Waals surface area (Å²) in [4.78, 5) is 14.4. The Kier molecular flexibility index (Phi) is 6.75. The summed E-state index contributed by atoms with van der Waals surface area (Å²) in [7, 11) is 0. The van der Waals surface area contributed by atoms with Gasteiger partial charge in [0, 0.05) is 18.7 Å². The molecule has 2 amide bonds. The largest absolute Gasteiger partial charge is 0.493 e. The Hall–Kier alpha value is -3.02. The van der Waals surface area contributed by atoms with Gasteiger partial charge in [-0.25, -0.2) is 4.79 Å². The van der Waals surface area contributed by atoms with Crippen LogP contribution in [0.2, 0.25) is 0 Å². The van der Waals surface area contributed by atoms with Gasteiger partial charge < -0.3 is 14.2 Å².